The van der Waals surface area contributed by atoms with Crippen molar-refractivity contribution in [1.82, 2.24) is 4.98 Å². The van der Waals surface area contributed by atoms with Gasteiger partial charge >= 0.3 is 6.09 Å². The van der Waals surface area contributed by atoms with Crippen LogP contribution in [0.5, 0.6) is 11.5 Å². The molecule has 0 atom stereocenters. The summed E-state index contributed by atoms with van der Waals surface area (Å²) in [4.78, 5) is 28.0. The molecule has 0 saturated carbocycles. The number of carbonyl (C=O) groups excluding carboxylic acids is 1. The van der Waals surface area contributed by atoms with Crippen LogP contribution >= 0.6 is 11.6 Å². The van der Waals surface area contributed by atoms with Crippen molar-refractivity contribution in [2.24, 2.45) is 0 Å². The van der Waals surface area contributed by atoms with Crippen molar-refractivity contribution in [2.45, 2.75) is 26.4 Å². The zero-order valence-electron chi connectivity index (χ0n) is 14.7. The molecule has 138 valence electrons. The summed E-state index contributed by atoms with van der Waals surface area (Å²) < 4.78 is 10.8. The molecule has 0 aliphatic heterocycles. The number of ether oxygens (including phenoxy) is 2. The van der Waals surface area contributed by atoms with Crippen molar-refractivity contribution >= 4 is 29.1 Å². The van der Waals surface area contributed by atoms with Crippen molar-refractivity contribution in [2.75, 3.05) is 11.9 Å². The van der Waals surface area contributed by atoms with Gasteiger partial charge in [0, 0.05) is 19.3 Å². The molecular formula is C17H18ClN3O5. The van der Waals surface area contributed by atoms with E-state index in [1.807, 2.05) is 0 Å². The summed E-state index contributed by atoms with van der Waals surface area (Å²) in [5, 5.41) is 11.5. The maximum absolute atomic E-state index is 12.2. The second-order valence-corrected chi connectivity index (χ2v) is 6.77. The number of nitrogens with zero attached hydrogens (tertiary/aromatic N) is 3. The van der Waals surface area contributed by atoms with Crippen LogP contribution in [-0.2, 0) is 4.74 Å². The average molecular weight is 380 g/mol. The summed E-state index contributed by atoms with van der Waals surface area (Å²) in [5.41, 5.74) is -1.22. The number of nitro benzene ring substituents is 1. The van der Waals surface area contributed by atoms with Crippen LogP contribution in [0.1, 0.15) is 20.8 Å². The Morgan fingerprint density at radius 3 is 2.54 bits per heavy atom. The number of amides is 1. The molecule has 0 aliphatic rings. The number of hydrogen-bond acceptors (Lipinski definition) is 6. The summed E-state index contributed by atoms with van der Waals surface area (Å²) in [6.45, 7) is 5.08. The van der Waals surface area contributed by atoms with Gasteiger partial charge in [-0.25, -0.2) is 4.79 Å². The van der Waals surface area contributed by atoms with E-state index in [-0.39, 0.29) is 22.1 Å². The maximum atomic E-state index is 12.2. The van der Waals surface area contributed by atoms with Crippen molar-refractivity contribution in [3.8, 4) is 11.5 Å². The lowest BCUT2D eigenvalue weighted by Crippen LogP contribution is -2.34. The van der Waals surface area contributed by atoms with Crippen LogP contribution in [0.25, 0.3) is 0 Å². The highest BCUT2D eigenvalue weighted by molar-refractivity contribution is 6.34. The Bertz CT molecular complexity index is 821. The second-order valence-electron chi connectivity index (χ2n) is 6.36. The highest BCUT2D eigenvalue weighted by Crippen LogP contribution is 2.40. The van der Waals surface area contributed by atoms with Gasteiger partial charge in [0.1, 0.15) is 22.8 Å². The normalized spacial score (nSPS) is 11.0. The molecule has 0 unspecified atom stereocenters. The number of aromatic nitrogens is 1. The topological polar surface area (TPSA) is 94.8 Å². The first-order valence-corrected chi connectivity index (χ1v) is 7.99. The predicted octanol–water partition coefficient (Wildman–Crippen LogP) is 4.81. The SMILES string of the molecule is CN(C(=O)OC(C)(C)C)c1c(Cl)cc(Oc2cccnc2)cc1[N+](=O)[O-]. The van der Waals surface area contributed by atoms with Crippen LogP contribution in [0.15, 0.2) is 36.7 Å². The number of nitro groups is 1. The Kier molecular flexibility index (Phi) is 5.66. The van der Waals surface area contributed by atoms with Crippen LogP contribution in [0.3, 0.4) is 0 Å². The van der Waals surface area contributed by atoms with Gasteiger partial charge in [0.05, 0.1) is 22.2 Å². The predicted molar refractivity (Wildman–Crippen MR) is 97.1 cm³/mol. The fraction of sp³-hybridized carbons (Fsp3) is 0.294. The molecule has 26 heavy (non-hydrogen) atoms. The Balaban J connectivity index is 2.40. The first-order valence-electron chi connectivity index (χ1n) is 7.61. The van der Waals surface area contributed by atoms with Crippen LogP contribution in [0.4, 0.5) is 16.2 Å². The van der Waals surface area contributed by atoms with Gasteiger partial charge < -0.3 is 9.47 Å². The zero-order chi connectivity index (χ0) is 19.5. The van der Waals surface area contributed by atoms with Crippen LogP contribution in [-0.4, -0.2) is 28.6 Å². The van der Waals surface area contributed by atoms with Gasteiger partial charge in [0.2, 0.25) is 0 Å². The van der Waals surface area contributed by atoms with Crippen molar-refractivity contribution in [3.63, 3.8) is 0 Å². The monoisotopic (exact) mass is 379 g/mol. The largest absolute Gasteiger partial charge is 0.455 e. The molecule has 0 N–H and O–H groups in total. The number of benzene rings is 1. The first-order chi connectivity index (χ1) is 12.1. The molecule has 2 rings (SSSR count). The molecule has 0 spiro atoms. The zero-order valence-corrected chi connectivity index (χ0v) is 15.5. The lowest BCUT2D eigenvalue weighted by Gasteiger charge is -2.25. The molecule has 0 fully saturated rings. The Morgan fingerprint density at radius 1 is 1.31 bits per heavy atom. The van der Waals surface area contributed by atoms with E-state index in [0.29, 0.717) is 5.75 Å². The molecule has 1 heterocycles. The number of anilines is 1. The van der Waals surface area contributed by atoms with Crippen molar-refractivity contribution in [1.29, 1.82) is 0 Å². The van der Waals surface area contributed by atoms with Gasteiger partial charge in [-0.15, -0.1) is 0 Å². The summed E-state index contributed by atoms with van der Waals surface area (Å²) in [6.07, 6.45) is 2.27. The number of rotatable bonds is 4. The Hall–Kier alpha value is -2.87. The number of pyridine rings is 1. The minimum atomic E-state index is -0.761. The molecule has 8 nitrogen and oxygen atoms in total. The van der Waals surface area contributed by atoms with E-state index in [4.69, 9.17) is 21.1 Å². The summed E-state index contributed by atoms with van der Waals surface area (Å²) >= 11 is 6.21. The molecule has 1 amide bonds. The average Bonchev–Trinajstić information content (AvgIpc) is 2.53. The smallest absolute Gasteiger partial charge is 0.414 e. The third kappa shape index (κ3) is 4.82. The van der Waals surface area contributed by atoms with Crippen LogP contribution in [0.2, 0.25) is 5.02 Å². The molecule has 0 saturated heterocycles. The van der Waals surface area contributed by atoms with Gasteiger partial charge in [-0.05, 0) is 32.9 Å². The second kappa shape index (κ2) is 7.57. The lowest BCUT2D eigenvalue weighted by molar-refractivity contribution is -0.384. The first kappa shape index (κ1) is 19.5. The van der Waals surface area contributed by atoms with E-state index >= 15 is 0 Å². The van der Waals surface area contributed by atoms with Gasteiger partial charge in [-0.2, -0.15) is 0 Å². The third-order valence-corrected chi connectivity index (χ3v) is 3.37. The van der Waals surface area contributed by atoms with E-state index in [1.165, 1.54) is 25.4 Å². The van der Waals surface area contributed by atoms with E-state index in [1.54, 1.807) is 39.1 Å². The molecule has 9 heteroatoms. The van der Waals surface area contributed by atoms with E-state index in [2.05, 4.69) is 4.98 Å². The standard InChI is InChI=1S/C17H18ClN3O5/c1-17(2,3)26-16(22)20(4)15-13(18)8-12(9-14(15)21(23)24)25-11-6-5-7-19-10-11/h5-10H,1-4H3. The minimum Gasteiger partial charge on any atom is -0.455 e. The fourth-order valence-corrected chi connectivity index (χ4v) is 2.39. The number of hydrogen-bond donors (Lipinski definition) is 0. The van der Waals surface area contributed by atoms with Crippen LogP contribution < -0.4 is 9.64 Å². The fourth-order valence-electron chi connectivity index (χ4n) is 2.06. The third-order valence-electron chi connectivity index (χ3n) is 3.09. The van der Waals surface area contributed by atoms with Gasteiger partial charge in [-0.3, -0.25) is 20.0 Å². The van der Waals surface area contributed by atoms with Crippen LogP contribution in [0, 0.1) is 10.1 Å². The molecule has 0 radical (unpaired) electrons. The molecule has 1 aromatic carbocycles. The quantitative estimate of drug-likeness (QED) is 0.559. The lowest BCUT2D eigenvalue weighted by atomic mass is 10.2. The summed E-state index contributed by atoms with van der Waals surface area (Å²) in [6, 6.07) is 5.89. The number of halogens is 1. The van der Waals surface area contributed by atoms with Crippen molar-refractivity contribution in [3.05, 3.63) is 51.8 Å². The summed E-state index contributed by atoms with van der Waals surface area (Å²) in [5.74, 6) is 0.544. The van der Waals surface area contributed by atoms with Crippen molar-refractivity contribution < 1.29 is 19.2 Å². The Morgan fingerprint density at radius 2 is 2.00 bits per heavy atom. The van der Waals surface area contributed by atoms with Gasteiger partial charge in [0.25, 0.3) is 5.69 Å². The van der Waals surface area contributed by atoms with Gasteiger partial charge in [-0.1, -0.05) is 11.6 Å². The number of carbonyl (C=O) groups is 1. The molecular weight excluding hydrogens is 362 g/mol. The molecule has 0 aliphatic carbocycles. The minimum absolute atomic E-state index is 0.0218. The van der Waals surface area contributed by atoms with E-state index < -0.39 is 16.6 Å². The highest BCUT2D eigenvalue weighted by Gasteiger charge is 2.29. The Labute approximate surface area is 155 Å². The molecule has 0 bridgehead atoms. The highest BCUT2D eigenvalue weighted by atomic mass is 35.5. The molecule has 2 aromatic rings. The van der Waals surface area contributed by atoms with Gasteiger partial charge in [0.15, 0.2) is 0 Å². The maximum Gasteiger partial charge on any atom is 0.414 e. The van der Waals surface area contributed by atoms with E-state index in [9.17, 15) is 14.9 Å². The van der Waals surface area contributed by atoms with E-state index in [0.717, 1.165) is 4.90 Å². The molecule has 1 aromatic heterocycles. The summed E-state index contributed by atoms with van der Waals surface area (Å²) in [7, 11) is 1.35.